The number of phenolic OH excluding ortho intramolecular Hbond substituents is 1. The van der Waals surface area contributed by atoms with Crippen LogP contribution in [0.1, 0.15) is 12.5 Å². The van der Waals surface area contributed by atoms with Crippen molar-refractivity contribution in [3.8, 4) is 11.5 Å². The molecule has 0 fully saturated rings. The second kappa shape index (κ2) is 8.79. The predicted molar refractivity (Wildman–Crippen MR) is 95.0 cm³/mol. The smallest absolute Gasteiger partial charge is 0.259 e. The third kappa shape index (κ3) is 5.17. The van der Waals surface area contributed by atoms with Gasteiger partial charge in [-0.25, -0.2) is 5.43 Å². The van der Waals surface area contributed by atoms with Crippen molar-refractivity contribution >= 4 is 29.4 Å². The molecule has 0 bridgehead atoms. The molecule has 0 unspecified atom stereocenters. The van der Waals surface area contributed by atoms with Crippen LogP contribution in [0.15, 0.2) is 47.6 Å². The van der Waals surface area contributed by atoms with Crippen LogP contribution < -0.4 is 15.5 Å². The van der Waals surface area contributed by atoms with Crippen LogP contribution in [0.3, 0.4) is 0 Å². The van der Waals surface area contributed by atoms with E-state index < -0.39 is 0 Å². The Morgan fingerprint density at radius 3 is 2.88 bits per heavy atom. The van der Waals surface area contributed by atoms with E-state index in [1.807, 2.05) is 19.1 Å². The van der Waals surface area contributed by atoms with Crippen LogP contribution in [-0.2, 0) is 4.79 Å². The summed E-state index contributed by atoms with van der Waals surface area (Å²) in [6, 6.07) is 12.0. The number of rotatable bonds is 7. The number of phenols is 1. The van der Waals surface area contributed by atoms with Crippen molar-refractivity contribution in [1.29, 1.82) is 0 Å². The average Bonchev–Trinajstić information content (AvgIpc) is 2.57. The number of para-hydroxylation sites is 1. The number of aromatic hydroxyl groups is 1. The van der Waals surface area contributed by atoms with Crippen LogP contribution >= 0.6 is 11.6 Å². The highest BCUT2D eigenvalue weighted by molar-refractivity contribution is 6.33. The lowest BCUT2D eigenvalue weighted by atomic mass is 10.2. The van der Waals surface area contributed by atoms with Crippen molar-refractivity contribution in [2.75, 3.05) is 18.5 Å². The molecule has 1 amide bonds. The minimum atomic E-state index is -0.310. The van der Waals surface area contributed by atoms with Gasteiger partial charge in [0.25, 0.3) is 5.91 Å². The van der Waals surface area contributed by atoms with Gasteiger partial charge in [0.2, 0.25) is 0 Å². The van der Waals surface area contributed by atoms with Crippen molar-refractivity contribution < 1.29 is 14.6 Å². The maximum absolute atomic E-state index is 11.7. The Balaban J connectivity index is 1.86. The SMILES string of the molecule is CCOc1cc(/C=N/NC(=O)CNc2ccccc2Cl)ccc1O. The number of benzene rings is 2. The normalized spacial score (nSPS) is 10.6. The lowest BCUT2D eigenvalue weighted by molar-refractivity contribution is -0.119. The van der Waals surface area contributed by atoms with E-state index in [1.54, 1.807) is 24.3 Å². The van der Waals surface area contributed by atoms with Gasteiger partial charge in [-0.2, -0.15) is 5.10 Å². The summed E-state index contributed by atoms with van der Waals surface area (Å²) < 4.78 is 5.28. The fraction of sp³-hybridized carbons (Fsp3) is 0.176. The van der Waals surface area contributed by atoms with Gasteiger partial charge in [0.1, 0.15) is 0 Å². The fourth-order valence-corrected chi connectivity index (χ4v) is 2.08. The van der Waals surface area contributed by atoms with E-state index in [4.69, 9.17) is 16.3 Å². The average molecular weight is 348 g/mol. The first-order valence-electron chi connectivity index (χ1n) is 7.36. The quantitative estimate of drug-likeness (QED) is 0.531. The Morgan fingerprint density at radius 1 is 1.33 bits per heavy atom. The monoisotopic (exact) mass is 347 g/mol. The molecule has 0 heterocycles. The lowest BCUT2D eigenvalue weighted by Gasteiger charge is -2.07. The topological polar surface area (TPSA) is 83.0 Å². The molecule has 0 saturated heterocycles. The van der Waals surface area contributed by atoms with Crippen molar-refractivity contribution in [2.45, 2.75) is 6.92 Å². The minimum absolute atomic E-state index is 0.0425. The molecular formula is C17H18ClN3O3. The van der Waals surface area contributed by atoms with Crippen LogP contribution in [-0.4, -0.2) is 30.4 Å². The standard InChI is InChI=1S/C17H18ClN3O3/c1-2-24-16-9-12(7-8-15(16)22)10-20-21-17(23)11-19-14-6-4-3-5-13(14)18/h3-10,19,22H,2,11H2,1H3,(H,21,23)/b20-10+. The molecule has 0 spiro atoms. The summed E-state index contributed by atoms with van der Waals surface area (Å²) in [6.07, 6.45) is 1.47. The van der Waals surface area contributed by atoms with Crippen molar-refractivity contribution in [3.63, 3.8) is 0 Å². The number of hydrogen-bond donors (Lipinski definition) is 3. The lowest BCUT2D eigenvalue weighted by Crippen LogP contribution is -2.25. The Morgan fingerprint density at radius 2 is 2.12 bits per heavy atom. The van der Waals surface area contributed by atoms with E-state index in [0.717, 1.165) is 0 Å². The molecular weight excluding hydrogens is 330 g/mol. The van der Waals surface area contributed by atoms with Crippen molar-refractivity contribution in [2.24, 2.45) is 5.10 Å². The van der Waals surface area contributed by atoms with Crippen molar-refractivity contribution in [1.82, 2.24) is 5.43 Å². The molecule has 3 N–H and O–H groups in total. The number of carbonyl (C=O) groups is 1. The van der Waals surface area contributed by atoms with E-state index in [2.05, 4.69) is 15.8 Å². The first-order chi connectivity index (χ1) is 11.6. The van der Waals surface area contributed by atoms with Gasteiger partial charge < -0.3 is 15.2 Å². The molecule has 2 rings (SSSR count). The molecule has 2 aromatic rings. The molecule has 0 aliphatic rings. The summed E-state index contributed by atoms with van der Waals surface area (Å²) >= 11 is 5.99. The minimum Gasteiger partial charge on any atom is -0.504 e. The first kappa shape index (κ1) is 17.6. The van der Waals surface area contributed by atoms with E-state index in [9.17, 15) is 9.90 Å². The third-order valence-corrected chi connectivity index (χ3v) is 3.33. The fourth-order valence-electron chi connectivity index (χ4n) is 1.88. The molecule has 2 aromatic carbocycles. The van der Waals surface area contributed by atoms with Gasteiger partial charge in [-0.1, -0.05) is 23.7 Å². The number of hydrazone groups is 1. The van der Waals surface area contributed by atoms with Gasteiger partial charge in [0, 0.05) is 0 Å². The Bertz CT molecular complexity index is 735. The predicted octanol–water partition coefficient (Wildman–Crippen LogP) is 3.01. The number of hydrogen-bond acceptors (Lipinski definition) is 5. The van der Waals surface area contributed by atoms with E-state index in [1.165, 1.54) is 12.3 Å². The largest absolute Gasteiger partial charge is 0.504 e. The molecule has 0 saturated carbocycles. The first-order valence-corrected chi connectivity index (χ1v) is 7.74. The zero-order valence-electron chi connectivity index (χ0n) is 13.1. The van der Waals surface area contributed by atoms with Gasteiger partial charge in [-0.05, 0) is 42.8 Å². The van der Waals surface area contributed by atoms with Crippen LogP contribution in [0.4, 0.5) is 5.69 Å². The molecule has 0 atom stereocenters. The molecule has 7 heteroatoms. The summed E-state index contributed by atoms with van der Waals surface area (Å²) in [7, 11) is 0. The second-order valence-corrected chi connectivity index (χ2v) is 5.19. The number of amides is 1. The number of nitrogens with zero attached hydrogens (tertiary/aromatic N) is 1. The molecule has 0 aromatic heterocycles. The molecule has 24 heavy (non-hydrogen) atoms. The number of ether oxygens (including phenoxy) is 1. The van der Waals surface area contributed by atoms with Crippen molar-refractivity contribution in [3.05, 3.63) is 53.1 Å². The van der Waals surface area contributed by atoms with Crippen LogP contribution in [0.25, 0.3) is 0 Å². The molecule has 0 aliphatic carbocycles. The number of nitrogens with one attached hydrogen (secondary N) is 2. The zero-order chi connectivity index (χ0) is 17.4. The van der Waals surface area contributed by atoms with Gasteiger partial charge >= 0.3 is 0 Å². The molecule has 126 valence electrons. The molecule has 0 aliphatic heterocycles. The summed E-state index contributed by atoms with van der Waals surface area (Å²) in [4.78, 5) is 11.7. The maximum Gasteiger partial charge on any atom is 0.259 e. The molecule has 0 radical (unpaired) electrons. The van der Waals surface area contributed by atoms with Crippen LogP contribution in [0.2, 0.25) is 5.02 Å². The Labute approximate surface area is 145 Å². The van der Waals surface area contributed by atoms with Gasteiger partial charge in [0.15, 0.2) is 11.5 Å². The van der Waals surface area contributed by atoms with Gasteiger partial charge in [0.05, 0.1) is 30.1 Å². The summed E-state index contributed by atoms with van der Waals surface area (Å²) in [6.45, 7) is 2.31. The van der Waals surface area contributed by atoms with Gasteiger partial charge in [-0.3, -0.25) is 4.79 Å². The van der Waals surface area contributed by atoms with E-state index >= 15 is 0 Å². The highest BCUT2D eigenvalue weighted by Crippen LogP contribution is 2.26. The highest BCUT2D eigenvalue weighted by atomic mass is 35.5. The summed E-state index contributed by atoms with van der Waals surface area (Å²) in [5.74, 6) is 0.116. The third-order valence-electron chi connectivity index (χ3n) is 3.00. The summed E-state index contributed by atoms with van der Waals surface area (Å²) in [5.41, 5.74) is 3.78. The Kier molecular flexibility index (Phi) is 6.45. The van der Waals surface area contributed by atoms with Crippen LogP contribution in [0.5, 0.6) is 11.5 Å². The zero-order valence-corrected chi connectivity index (χ0v) is 13.9. The van der Waals surface area contributed by atoms with Crippen LogP contribution in [0, 0.1) is 0 Å². The number of halogens is 1. The summed E-state index contributed by atoms with van der Waals surface area (Å²) in [5, 5.41) is 17.0. The van der Waals surface area contributed by atoms with Gasteiger partial charge in [-0.15, -0.1) is 0 Å². The number of anilines is 1. The Hall–Kier alpha value is -2.73. The number of carbonyl (C=O) groups excluding carboxylic acids is 1. The highest BCUT2D eigenvalue weighted by Gasteiger charge is 2.03. The van der Waals surface area contributed by atoms with E-state index in [-0.39, 0.29) is 18.2 Å². The van der Waals surface area contributed by atoms with E-state index in [0.29, 0.717) is 28.6 Å². The second-order valence-electron chi connectivity index (χ2n) is 4.79. The maximum atomic E-state index is 11.7. The molecule has 6 nitrogen and oxygen atoms in total.